The van der Waals surface area contributed by atoms with E-state index in [1.807, 2.05) is 18.2 Å². The smallest absolute Gasteiger partial charge is 0.270 e. The Balaban J connectivity index is 2.35. The van der Waals surface area contributed by atoms with Gasteiger partial charge in [-0.2, -0.15) is 0 Å². The van der Waals surface area contributed by atoms with Gasteiger partial charge in [-0.3, -0.25) is 4.79 Å². The maximum absolute atomic E-state index is 11.3. The highest BCUT2D eigenvalue weighted by molar-refractivity contribution is 7.13. The number of nitrogens with zero attached hydrogens (tertiary/aromatic N) is 1. The molecule has 82 valence electrons. The zero-order chi connectivity index (χ0) is 11.5. The molecule has 0 fully saturated rings. The van der Waals surface area contributed by atoms with E-state index in [2.05, 4.69) is 10.3 Å². The quantitative estimate of drug-likeness (QED) is 0.893. The van der Waals surface area contributed by atoms with E-state index in [0.717, 1.165) is 10.6 Å². The van der Waals surface area contributed by atoms with E-state index < -0.39 is 0 Å². The molecular weight excluding hydrogens is 244 g/mol. The summed E-state index contributed by atoms with van der Waals surface area (Å²) in [4.78, 5) is 15.6. The summed E-state index contributed by atoms with van der Waals surface area (Å²) in [7, 11) is 1.58. The van der Waals surface area contributed by atoms with E-state index in [0.29, 0.717) is 10.7 Å². The highest BCUT2D eigenvalue weighted by Gasteiger charge is 2.09. The third-order valence-corrected chi connectivity index (χ3v) is 3.16. The third-order valence-electron chi connectivity index (χ3n) is 2.04. The molecule has 0 saturated heterocycles. The van der Waals surface area contributed by atoms with Crippen LogP contribution in [0.15, 0.2) is 29.6 Å². The molecule has 0 atom stereocenters. The van der Waals surface area contributed by atoms with Crippen molar-refractivity contribution in [1.29, 1.82) is 0 Å². The Hall–Kier alpha value is -1.39. The van der Waals surface area contributed by atoms with Crippen LogP contribution in [0.25, 0.3) is 10.6 Å². The third kappa shape index (κ3) is 2.23. The summed E-state index contributed by atoms with van der Waals surface area (Å²) in [5, 5.41) is 5.72. The van der Waals surface area contributed by atoms with Gasteiger partial charge in [-0.05, 0) is 12.1 Å². The SMILES string of the molecule is CNC(=O)c1csc(-c2cccc(Cl)c2)n1. The van der Waals surface area contributed by atoms with Crippen LogP contribution in [-0.4, -0.2) is 17.9 Å². The molecule has 1 aromatic carbocycles. The predicted octanol–water partition coefficient (Wildman–Crippen LogP) is 2.82. The standard InChI is InChI=1S/C11H9ClN2OS/c1-13-10(15)9-6-16-11(14-9)7-3-2-4-8(12)5-7/h2-6H,1H3,(H,13,15). The number of hydrogen-bond donors (Lipinski definition) is 1. The van der Waals surface area contributed by atoms with Gasteiger partial charge in [-0.25, -0.2) is 4.98 Å². The summed E-state index contributed by atoms with van der Waals surface area (Å²) in [5.41, 5.74) is 1.36. The summed E-state index contributed by atoms with van der Waals surface area (Å²) in [6, 6.07) is 7.41. The van der Waals surface area contributed by atoms with Crippen LogP contribution < -0.4 is 5.32 Å². The van der Waals surface area contributed by atoms with E-state index >= 15 is 0 Å². The Morgan fingerprint density at radius 2 is 2.31 bits per heavy atom. The van der Waals surface area contributed by atoms with E-state index in [-0.39, 0.29) is 5.91 Å². The molecule has 2 aromatic rings. The van der Waals surface area contributed by atoms with Crippen molar-refractivity contribution in [3.05, 3.63) is 40.4 Å². The van der Waals surface area contributed by atoms with Crippen LogP contribution >= 0.6 is 22.9 Å². The zero-order valence-corrected chi connectivity index (χ0v) is 10.1. The highest BCUT2D eigenvalue weighted by Crippen LogP contribution is 2.25. The van der Waals surface area contributed by atoms with Gasteiger partial charge < -0.3 is 5.32 Å². The lowest BCUT2D eigenvalue weighted by molar-refractivity contribution is 0.0959. The molecule has 0 radical (unpaired) electrons. The Labute approximate surface area is 102 Å². The van der Waals surface area contributed by atoms with E-state index in [1.54, 1.807) is 18.5 Å². The van der Waals surface area contributed by atoms with Gasteiger partial charge in [-0.1, -0.05) is 23.7 Å². The normalized spacial score (nSPS) is 10.1. The molecule has 2 rings (SSSR count). The molecule has 0 aliphatic heterocycles. The summed E-state index contributed by atoms with van der Waals surface area (Å²) in [5.74, 6) is -0.176. The number of thiazole rings is 1. The van der Waals surface area contributed by atoms with Gasteiger partial charge in [0.1, 0.15) is 10.7 Å². The molecule has 1 amide bonds. The van der Waals surface area contributed by atoms with Gasteiger partial charge >= 0.3 is 0 Å². The molecule has 0 aliphatic carbocycles. The van der Waals surface area contributed by atoms with Gasteiger partial charge in [0.05, 0.1) is 0 Å². The first-order valence-electron chi connectivity index (χ1n) is 4.64. The minimum absolute atomic E-state index is 0.176. The lowest BCUT2D eigenvalue weighted by Gasteiger charge is -1.96. The fourth-order valence-corrected chi connectivity index (χ4v) is 2.25. The Kier molecular flexibility index (Phi) is 3.22. The van der Waals surface area contributed by atoms with Gasteiger partial charge in [0.2, 0.25) is 0 Å². The Morgan fingerprint density at radius 3 is 3.00 bits per heavy atom. The van der Waals surface area contributed by atoms with E-state index in [1.165, 1.54) is 11.3 Å². The number of halogens is 1. The Bertz CT molecular complexity index is 524. The number of benzene rings is 1. The van der Waals surface area contributed by atoms with Crippen LogP contribution in [0.5, 0.6) is 0 Å². The molecule has 1 aromatic heterocycles. The molecule has 1 N–H and O–H groups in total. The molecule has 1 heterocycles. The van der Waals surface area contributed by atoms with Crippen LogP contribution in [-0.2, 0) is 0 Å². The van der Waals surface area contributed by atoms with Crippen LogP contribution in [0, 0.1) is 0 Å². The van der Waals surface area contributed by atoms with E-state index in [4.69, 9.17) is 11.6 Å². The summed E-state index contributed by atoms with van der Waals surface area (Å²) >= 11 is 7.31. The molecule has 0 unspecified atom stereocenters. The number of rotatable bonds is 2. The average Bonchev–Trinajstić information content (AvgIpc) is 2.77. The van der Waals surface area contributed by atoms with Crippen molar-refractivity contribution >= 4 is 28.8 Å². The van der Waals surface area contributed by atoms with Crippen LogP contribution in [0.1, 0.15) is 10.5 Å². The largest absolute Gasteiger partial charge is 0.354 e. The number of aromatic nitrogens is 1. The maximum Gasteiger partial charge on any atom is 0.270 e. The maximum atomic E-state index is 11.3. The van der Waals surface area contributed by atoms with Crippen LogP contribution in [0.2, 0.25) is 5.02 Å². The van der Waals surface area contributed by atoms with E-state index in [9.17, 15) is 4.79 Å². The monoisotopic (exact) mass is 252 g/mol. The van der Waals surface area contributed by atoms with Crippen molar-refractivity contribution < 1.29 is 4.79 Å². The first-order valence-corrected chi connectivity index (χ1v) is 5.90. The number of amides is 1. The van der Waals surface area contributed by atoms with Crippen molar-refractivity contribution in [2.45, 2.75) is 0 Å². The number of carbonyl (C=O) groups is 1. The Morgan fingerprint density at radius 1 is 1.50 bits per heavy atom. The minimum Gasteiger partial charge on any atom is -0.354 e. The van der Waals surface area contributed by atoms with Gasteiger partial charge in [0.25, 0.3) is 5.91 Å². The van der Waals surface area contributed by atoms with Crippen molar-refractivity contribution in [3.8, 4) is 10.6 Å². The predicted molar refractivity (Wildman–Crippen MR) is 66.0 cm³/mol. The van der Waals surface area contributed by atoms with Gasteiger partial charge in [0.15, 0.2) is 0 Å². The van der Waals surface area contributed by atoms with Crippen molar-refractivity contribution in [2.24, 2.45) is 0 Å². The molecule has 3 nitrogen and oxygen atoms in total. The summed E-state index contributed by atoms with van der Waals surface area (Å²) < 4.78 is 0. The molecule has 0 aliphatic rings. The molecule has 5 heteroatoms. The molecule has 0 saturated carbocycles. The number of hydrogen-bond acceptors (Lipinski definition) is 3. The van der Waals surface area contributed by atoms with Crippen LogP contribution in [0.4, 0.5) is 0 Å². The fraction of sp³-hybridized carbons (Fsp3) is 0.0909. The second kappa shape index (κ2) is 4.63. The molecule has 16 heavy (non-hydrogen) atoms. The number of carbonyl (C=O) groups excluding carboxylic acids is 1. The first kappa shape index (κ1) is 11.1. The summed E-state index contributed by atoms with van der Waals surface area (Å²) in [6.45, 7) is 0. The average molecular weight is 253 g/mol. The minimum atomic E-state index is -0.176. The topological polar surface area (TPSA) is 42.0 Å². The lowest BCUT2D eigenvalue weighted by atomic mass is 10.2. The van der Waals surface area contributed by atoms with Gasteiger partial charge in [0, 0.05) is 23.0 Å². The zero-order valence-electron chi connectivity index (χ0n) is 8.53. The van der Waals surface area contributed by atoms with Crippen molar-refractivity contribution in [3.63, 3.8) is 0 Å². The van der Waals surface area contributed by atoms with Gasteiger partial charge in [-0.15, -0.1) is 11.3 Å². The van der Waals surface area contributed by atoms with Crippen molar-refractivity contribution in [1.82, 2.24) is 10.3 Å². The van der Waals surface area contributed by atoms with Crippen LogP contribution in [0.3, 0.4) is 0 Å². The second-order valence-corrected chi connectivity index (χ2v) is 4.42. The molecule has 0 bridgehead atoms. The lowest BCUT2D eigenvalue weighted by Crippen LogP contribution is -2.17. The second-order valence-electron chi connectivity index (χ2n) is 3.13. The first-order chi connectivity index (χ1) is 7.70. The summed E-state index contributed by atoms with van der Waals surface area (Å²) in [6.07, 6.45) is 0. The molecule has 0 spiro atoms. The fourth-order valence-electron chi connectivity index (χ4n) is 1.26. The van der Waals surface area contributed by atoms with Crippen molar-refractivity contribution in [2.75, 3.05) is 7.05 Å². The molecular formula is C11H9ClN2OS. The highest BCUT2D eigenvalue weighted by atomic mass is 35.5. The number of nitrogens with one attached hydrogen (secondary N) is 1.